The fourth-order valence-electron chi connectivity index (χ4n) is 3.97. The molecular weight excluding hydrogens is 422 g/mol. The Balaban J connectivity index is 1.71. The standard InChI is InChI=1S/C24H33N5O4/c1-18(2)16-24(33)28-13-5-12-27(15-11-25-17-19-6-3-4-7-20(19)28)22(31)10-14-29-23(32)9-8-21(30)26-29/h3-4,6-9,18,25H,5,10-17H2,1-2H3,(H,26,30). The van der Waals surface area contributed by atoms with Crippen molar-refractivity contribution in [3.05, 3.63) is 62.7 Å². The number of anilines is 1. The van der Waals surface area contributed by atoms with E-state index in [9.17, 15) is 19.2 Å². The van der Waals surface area contributed by atoms with Crippen LogP contribution in [0.4, 0.5) is 5.69 Å². The summed E-state index contributed by atoms with van der Waals surface area (Å²) in [6, 6.07) is 10.3. The number of nitrogens with one attached hydrogen (secondary N) is 2. The minimum atomic E-state index is -0.382. The van der Waals surface area contributed by atoms with E-state index in [1.165, 1.54) is 12.1 Å². The second-order valence-corrected chi connectivity index (χ2v) is 8.73. The first kappa shape index (κ1) is 24.4. The first-order chi connectivity index (χ1) is 15.8. The molecule has 33 heavy (non-hydrogen) atoms. The molecule has 178 valence electrons. The Bertz CT molecular complexity index is 1070. The van der Waals surface area contributed by atoms with Crippen LogP contribution in [0.5, 0.6) is 0 Å². The van der Waals surface area contributed by atoms with Gasteiger partial charge in [0.25, 0.3) is 11.1 Å². The highest BCUT2D eigenvalue weighted by Gasteiger charge is 2.21. The Kier molecular flexibility index (Phi) is 8.59. The number of carbonyl (C=O) groups is 2. The summed E-state index contributed by atoms with van der Waals surface area (Å²) >= 11 is 0. The molecule has 0 aliphatic carbocycles. The monoisotopic (exact) mass is 455 g/mol. The summed E-state index contributed by atoms with van der Waals surface area (Å²) in [5.74, 6) is 0.249. The Labute approximate surface area is 193 Å². The number of aromatic amines is 1. The van der Waals surface area contributed by atoms with E-state index in [0.29, 0.717) is 45.6 Å². The van der Waals surface area contributed by atoms with E-state index in [2.05, 4.69) is 10.4 Å². The van der Waals surface area contributed by atoms with Crippen LogP contribution in [0, 0.1) is 5.92 Å². The summed E-state index contributed by atoms with van der Waals surface area (Å²) in [4.78, 5) is 52.9. The van der Waals surface area contributed by atoms with Gasteiger partial charge < -0.3 is 15.1 Å². The number of H-pyrrole nitrogens is 1. The maximum Gasteiger partial charge on any atom is 0.265 e. The molecular formula is C24H33N5O4. The minimum absolute atomic E-state index is 0.0852. The van der Waals surface area contributed by atoms with Gasteiger partial charge in [0.05, 0.1) is 6.54 Å². The number of rotatable bonds is 5. The molecule has 0 atom stereocenters. The number of benzene rings is 1. The van der Waals surface area contributed by atoms with Crippen LogP contribution < -0.4 is 21.3 Å². The van der Waals surface area contributed by atoms with Crippen LogP contribution in [0.3, 0.4) is 0 Å². The molecule has 0 fully saturated rings. The van der Waals surface area contributed by atoms with Crippen LogP contribution in [0.2, 0.25) is 0 Å². The summed E-state index contributed by atoms with van der Waals surface area (Å²) in [5, 5.41) is 5.83. The molecule has 1 aromatic carbocycles. The average Bonchev–Trinajstić information content (AvgIpc) is 2.82. The van der Waals surface area contributed by atoms with E-state index in [1.54, 1.807) is 4.90 Å². The van der Waals surface area contributed by atoms with Crippen LogP contribution >= 0.6 is 0 Å². The number of aromatic nitrogens is 2. The molecule has 0 bridgehead atoms. The van der Waals surface area contributed by atoms with Crippen molar-refractivity contribution in [1.82, 2.24) is 20.0 Å². The lowest BCUT2D eigenvalue weighted by molar-refractivity contribution is -0.131. The third-order valence-electron chi connectivity index (χ3n) is 5.64. The SMILES string of the molecule is CC(C)CC(=O)N1CCCN(C(=O)CCn2[nH]c(=O)ccc2=O)CCNCc2ccccc21. The lowest BCUT2D eigenvalue weighted by atomic mass is 10.1. The van der Waals surface area contributed by atoms with Gasteiger partial charge in [0, 0.05) is 63.4 Å². The largest absolute Gasteiger partial charge is 0.341 e. The fraction of sp³-hybridized carbons (Fsp3) is 0.500. The first-order valence-electron chi connectivity index (χ1n) is 11.5. The van der Waals surface area contributed by atoms with Crippen molar-refractivity contribution in [2.75, 3.05) is 31.1 Å². The summed E-state index contributed by atoms with van der Waals surface area (Å²) in [6.45, 7) is 6.95. The maximum atomic E-state index is 13.0. The van der Waals surface area contributed by atoms with Crippen molar-refractivity contribution in [2.45, 2.75) is 46.2 Å². The molecule has 0 spiro atoms. The predicted octanol–water partition coefficient (Wildman–Crippen LogP) is 1.33. The zero-order valence-electron chi connectivity index (χ0n) is 19.4. The predicted molar refractivity (Wildman–Crippen MR) is 127 cm³/mol. The van der Waals surface area contributed by atoms with Crippen LogP contribution in [-0.4, -0.2) is 52.7 Å². The van der Waals surface area contributed by atoms with E-state index in [-0.39, 0.29) is 41.8 Å². The van der Waals surface area contributed by atoms with Crippen molar-refractivity contribution < 1.29 is 9.59 Å². The molecule has 1 aliphatic rings. The van der Waals surface area contributed by atoms with Crippen molar-refractivity contribution in [3.63, 3.8) is 0 Å². The van der Waals surface area contributed by atoms with Gasteiger partial charge >= 0.3 is 0 Å². The van der Waals surface area contributed by atoms with Crippen molar-refractivity contribution in [3.8, 4) is 0 Å². The summed E-state index contributed by atoms with van der Waals surface area (Å²) in [5.41, 5.74) is 1.25. The number of hydrogen-bond acceptors (Lipinski definition) is 5. The molecule has 0 saturated carbocycles. The molecule has 2 amide bonds. The quantitative estimate of drug-likeness (QED) is 0.707. The smallest absolute Gasteiger partial charge is 0.265 e. The molecule has 3 rings (SSSR count). The Morgan fingerprint density at radius 1 is 1.00 bits per heavy atom. The number of carbonyl (C=O) groups excluding carboxylic acids is 2. The van der Waals surface area contributed by atoms with Gasteiger partial charge in [-0.1, -0.05) is 32.0 Å². The summed E-state index contributed by atoms with van der Waals surface area (Å²) in [7, 11) is 0. The van der Waals surface area contributed by atoms with Gasteiger partial charge in [-0.2, -0.15) is 0 Å². The Morgan fingerprint density at radius 3 is 2.58 bits per heavy atom. The minimum Gasteiger partial charge on any atom is -0.341 e. The van der Waals surface area contributed by atoms with E-state index in [4.69, 9.17) is 0 Å². The van der Waals surface area contributed by atoms with Gasteiger partial charge in [0.1, 0.15) is 0 Å². The van der Waals surface area contributed by atoms with E-state index >= 15 is 0 Å². The third-order valence-corrected chi connectivity index (χ3v) is 5.64. The molecule has 9 nitrogen and oxygen atoms in total. The Hall–Kier alpha value is -3.20. The highest BCUT2D eigenvalue weighted by atomic mass is 16.2. The molecule has 0 saturated heterocycles. The highest BCUT2D eigenvalue weighted by molar-refractivity contribution is 5.94. The summed E-state index contributed by atoms with van der Waals surface area (Å²) < 4.78 is 1.16. The maximum absolute atomic E-state index is 13.0. The second-order valence-electron chi connectivity index (χ2n) is 8.73. The summed E-state index contributed by atoms with van der Waals surface area (Å²) in [6.07, 6.45) is 1.22. The second kappa shape index (κ2) is 11.6. The molecule has 1 aromatic heterocycles. The zero-order chi connectivity index (χ0) is 23.8. The molecule has 2 N–H and O–H groups in total. The third kappa shape index (κ3) is 6.89. The first-order valence-corrected chi connectivity index (χ1v) is 11.5. The number of para-hydroxylation sites is 1. The van der Waals surface area contributed by atoms with E-state index < -0.39 is 0 Å². The fourth-order valence-corrected chi connectivity index (χ4v) is 3.97. The number of amides is 2. The highest BCUT2D eigenvalue weighted by Crippen LogP contribution is 2.23. The van der Waals surface area contributed by atoms with Gasteiger partial charge in [-0.3, -0.25) is 24.3 Å². The van der Waals surface area contributed by atoms with Gasteiger partial charge in [-0.05, 0) is 24.0 Å². The molecule has 0 unspecified atom stereocenters. The van der Waals surface area contributed by atoms with Crippen molar-refractivity contribution >= 4 is 17.5 Å². The molecule has 0 radical (unpaired) electrons. The van der Waals surface area contributed by atoms with E-state index in [1.807, 2.05) is 43.0 Å². The van der Waals surface area contributed by atoms with Crippen LogP contribution in [0.15, 0.2) is 46.0 Å². The van der Waals surface area contributed by atoms with Crippen LogP contribution in [-0.2, 0) is 22.7 Å². The normalized spacial score (nSPS) is 15.1. The number of fused-ring (bicyclic) bond motifs is 1. The van der Waals surface area contributed by atoms with Gasteiger partial charge in [0.2, 0.25) is 11.8 Å². The van der Waals surface area contributed by atoms with Crippen LogP contribution in [0.1, 0.15) is 38.7 Å². The van der Waals surface area contributed by atoms with Gasteiger partial charge in [-0.25, -0.2) is 4.68 Å². The molecule has 9 heteroatoms. The Morgan fingerprint density at radius 2 is 1.79 bits per heavy atom. The molecule has 1 aliphatic heterocycles. The van der Waals surface area contributed by atoms with E-state index in [0.717, 1.165) is 15.9 Å². The zero-order valence-corrected chi connectivity index (χ0v) is 19.4. The lowest BCUT2D eigenvalue weighted by Crippen LogP contribution is -2.40. The lowest BCUT2D eigenvalue weighted by Gasteiger charge is -2.27. The van der Waals surface area contributed by atoms with Crippen molar-refractivity contribution in [2.24, 2.45) is 5.92 Å². The number of nitrogens with zero attached hydrogens (tertiary/aromatic N) is 3. The topological polar surface area (TPSA) is 108 Å². The van der Waals surface area contributed by atoms with Gasteiger partial charge in [0.15, 0.2) is 0 Å². The number of hydrogen-bond donors (Lipinski definition) is 2. The van der Waals surface area contributed by atoms with Crippen molar-refractivity contribution in [1.29, 1.82) is 0 Å². The molecule has 2 heterocycles. The number of aryl methyl sites for hydroxylation is 1. The van der Waals surface area contributed by atoms with Crippen LogP contribution in [0.25, 0.3) is 0 Å². The molecule has 2 aromatic rings. The average molecular weight is 456 g/mol. The van der Waals surface area contributed by atoms with Gasteiger partial charge in [-0.15, -0.1) is 0 Å².